The maximum absolute atomic E-state index is 11.1. The van der Waals surface area contributed by atoms with Gasteiger partial charge in [0.1, 0.15) is 11.5 Å². The Morgan fingerprint density at radius 3 is 2.52 bits per heavy atom. The van der Waals surface area contributed by atoms with Crippen molar-refractivity contribution in [3.63, 3.8) is 0 Å². The number of benzene rings is 1. The molecule has 0 radical (unpaired) electrons. The van der Waals surface area contributed by atoms with E-state index in [9.17, 15) is 4.79 Å². The van der Waals surface area contributed by atoms with Gasteiger partial charge in [-0.1, -0.05) is 0 Å². The van der Waals surface area contributed by atoms with Gasteiger partial charge in [0.05, 0.1) is 21.3 Å². The van der Waals surface area contributed by atoms with E-state index >= 15 is 0 Å². The van der Waals surface area contributed by atoms with Crippen LogP contribution < -0.4 is 14.8 Å². The Morgan fingerprint density at radius 2 is 1.93 bits per heavy atom. The molecule has 0 spiro atoms. The summed E-state index contributed by atoms with van der Waals surface area (Å²) in [5, 5.41) is 3.29. The largest absolute Gasteiger partial charge is 0.497 e. The second kappa shape index (κ2) is 14.4. The standard InChI is InChI=1S/C19H31N3O4.HI/c1-6-20-19(21-12-8-7-9-18(23)26-5)22(2)14-15-10-11-16(24-3)13-17(15)25-4;/h10-11,13H,6-9,12,14H2,1-5H3,(H,20,21);1H. The van der Waals surface area contributed by atoms with Crippen LogP contribution in [0.2, 0.25) is 0 Å². The van der Waals surface area contributed by atoms with Crippen LogP contribution in [0, 0.1) is 0 Å². The molecule has 27 heavy (non-hydrogen) atoms. The van der Waals surface area contributed by atoms with E-state index < -0.39 is 0 Å². The number of halogens is 1. The van der Waals surface area contributed by atoms with Crippen LogP contribution in [0.1, 0.15) is 31.7 Å². The Balaban J connectivity index is 0.00000676. The number of rotatable bonds is 10. The maximum atomic E-state index is 11.1. The summed E-state index contributed by atoms with van der Waals surface area (Å²) < 4.78 is 15.3. The van der Waals surface area contributed by atoms with Crippen molar-refractivity contribution in [3.8, 4) is 11.5 Å². The van der Waals surface area contributed by atoms with Crippen LogP contribution in [-0.2, 0) is 16.1 Å². The van der Waals surface area contributed by atoms with Gasteiger partial charge >= 0.3 is 5.97 Å². The number of hydrogen-bond donors (Lipinski definition) is 1. The van der Waals surface area contributed by atoms with Gasteiger partial charge in [-0.25, -0.2) is 0 Å². The average Bonchev–Trinajstić information content (AvgIpc) is 2.66. The van der Waals surface area contributed by atoms with Crippen molar-refractivity contribution >= 4 is 35.9 Å². The van der Waals surface area contributed by atoms with Crippen LogP contribution in [0.4, 0.5) is 0 Å². The quantitative estimate of drug-likeness (QED) is 0.178. The van der Waals surface area contributed by atoms with Crippen molar-refractivity contribution < 1.29 is 19.0 Å². The zero-order valence-electron chi connectivity index (χ0n) is 16.9. The molecular formula is C19H32IN3O4. The molecule has 0 saturated carbocycles. The van der Waals surface area contributed by atoms with Crippen LogP contribution in [0.3, 0.4) is 0 Å². The minimum Gasteiger partial charge on any atom is -0.497 e. The summed E-state index contributed by atoms with van der Waals surface area (Å²) >= 11 is 0. The molecule has 0 aliphatic heterocycles. The van der Waals surface area contributed by atoms with Crippen molar-refractivity contribution in [3.05, 3.63) is 23.8 Å². The average molecular weight is 493 g/mol. The normalized spacial score (nSPS) is 10.6. The lowest BCUT2D eigenvalue weighted by atomic mass is 10.2. The molecule has 0 fully saturated rings. The number of hydrogen-bond acceptors (Lipinski definition) is 5. The van der Waals surface area contributed by atoms with Crippen LogP contribution in [0.5, 0.6) is 11.5 Å². The Bertz CT molecular complexity index is 596. The summed E-state index contributed by atoms with van der Waals surface area (Å²) in [6.07, 6.45) is 2.04. The monoisotopic (exact) mass is 493 g/mol. The zero-order valence-corrected chi connectivity index (χ0v) is 19.2. The van der Waals surface area contributed by atoms with E-state index in [1.54, 1.807) is 14.2 Å². The van der Waals surface area contributed by atoms with E-state index in [-0.39, 0.29) is 29.9 Å². The molecule has 0 saturated heterocycles. The number of aliphatic imine (C=N–C) groups is 1. The number of nitrogens with one attached hydrogen (secondary N) is 1. The van der Waals surface area contributed by atoms with Gasteiger partial charge in [-0.3, -0.25) is 9.79 Å². The number of unbranched alkanes of at least 4 members (excludes halogenated alkanes) is 1. The number of esters is 1. The first kappa shape index (κ1) is 25.3. The maximum Gasteiger partial charge on any atom is 0.305 e. The molecule has 0 heterocycles. The number of nitrogens with zero attached hydrogens (tertiary/aromatic N) is 2. The highest BCUT2D eigenvalue weighted by Gasteiger charge is 2.11. The summed E-state index contributed by atoms with van der Waals surface area (Å²) in [5.74, 6) is 2.19. The summed E-state index contributed by atoms with van der Waals surface area (Å²) in [7, 11) is 6.68. The van der Waals surface area contributed by atoms with Gasteiger partial charge in [-0.15, -0.1) is 24.0 Å². The lowest BCUT2D eigenvalue weighted by Gasteiger charge is -2.23. The van der Waals surface area contributed by atoms with Crippen LogP contribution in [0.25, 0.3) is 0 Å². The summed E-state index contributed by atoms with van der Waals surface area (Å²) in [5.41, 5.74) is 1.05. The lowest BCUT2D eigenvalue weighted by molar-refractivity contribution is -0.140. The lowest BCUT2D eigenvalue weighted by Crippen LogP contribution is -2.38. The molecule has 1 N–H and O–H groups in total. The topological polar surface area (TPSA) is 72.4 Å². The summed E-state index contributed by atoms with van der Waals surface area (Å²) in [6.45, 7) is 4.13. The molecule has 0 amide bonds. The highest BCUT2D eigenvalue weighted by molar-refractivity contribution is 14.0. The Kier molecular flexibility index (Phi) is 13.5. The van der Waals surface area contributed by atoms with Gasteiger partial charge in [-0.05, 0) is 31.9 Å². The van der Waals surface area contributed by atoms with Crippen molar-refractivity contribution in [1.82, 2.24) is 10.2 Å². The molecule has 0 atom stereocenters. The molecule has 0 aliphatic rings. The fourth-order valence-electron chi connectivity index (χ4n) is 2.45. The minimum absolute atomic E-state index is 0. The van der Waals surface area contributed by atoms with Crippen molar-refractivity contribution in [2.75, 3.05) is 41.5 Å². The smallest absolute Gasteiger partial charge is 0.305 e. The number of carbonyl (C=O) groups is 1. The highest BCUT2D eigenvalue weighted by atomic mass is 127. The van der Waals surface area contributed by atoms with Crippen molar-refractivity contribution in [2.45, 2.75) is 32.7 Å². The van der Waals surface area contributed by atoms with Gasteiger partial charge in [0, 0.05) is 44.7 Å². The first-order chi connectivity index (χ1) is 12.5. The van der Waals surface area contributed by atoms with Crippen molar-refractivity contribution in [1.29, 1.82) is 0 Å². The van der Waals surface area contributed by atoms with Crippen LogP contribution >= 0.6 is 24.0 Å². The third kappa shape index (κ3) is 9.16. The Labute approximate surface area is 179 Å². The number of methoxy groups -OCH3 is 3. The highest BCUT2D eigenvalue weighted by Crippen LogP contribution is 2.25. The molecule has 0 unspecified atom stereocenters. The SMILES string of the molecule is CCNC(=NCCCCC(=O)OC)N(C)Cc1ccc(OC)cc1OC.I. The van der Waals surface area contributed by atoms with E-state index in [0.717, 1.165) is 42.4 Å². The second-order valence-corrected chi connectivity index (χ2v) is 5.80. The van der Waals surface area contributed by atoms with E-state index in [2.05, 4.69) is 15.0 Å². The zero-order chi connectivity index (χ0) is 19.4. The van der Waals surface area contributed by atoms with Gasteiger partial charge in [0.25, 0.3) is 0 Å². The molecule has 0 aromatic heterocycles. The molecule has 1 aromatic rings. The second-order valence-electron chi connectivity index (χ2n) is 5.80. The molecule has 0 bridgehead atoms. The Morgan fingerprint density at radius 1 is 1.19 bits per heavy atom. The van der Waals surface area contributed by atoms with Crippen molar-refractivity contribution in [2.24, 2.45) is 4.99 Å². The van der Waals surface area contributed by atoms with Gasteiger partial charge in [0.15, 0.2) is 5.96 Å². The van der Waals surface area contributed by atoms with E-state index in [1.807, 2.05) is 37.1 Å². The molecule has 0 aliphatic carbocycles. The number of carbonyl (C=O) groups excluding carboxylic acids is 1. The minimum atomic E-state index is -0.176. The van der Waals surface area contributed by atoms with E-state index in [4.69, 9.17) is 9.47 Å². The van der Waals surface area contributed by atoms with Crippen LogP contribution in [0.15, 0.2) is 23.2 Å². The molecule has 7 nitrogen and oxygen atoms in total. The predicted octanol–water partition coefficient (Wildman–Crippen LogP) is 3.06. The molecule has 8 heteroatoms. The molecule has 154 valence electrons. The van der Waals surface area contributed by atoms with Gasteiger partial charge in [0.2, 0.25) is 0 Å². The van der Waals surface area contributed by atoms with Crippen LogP contribution in [-0.4, -0.2) is 58.3 Å². The Hall–Kier alpha value is -1.71. The molecule has 1 aromatic carbocycles. The van der Waals surface area contributed by atoms with E-state index in [0.29, 0.717) is 19.5 Å². The summed E-state index contributed by atoms with van der Waals surface area (Å²) in [6, 6.07) is 5.79. The molecular weight excluding hydrogens is 461 g/mol. The third-order valence-corrected chi connectivity index (χ3v) is 3.88. The fourth-order valence-corrected chi connectivity index (χ4v) is 2.45. The first-order valence-electron chi connectivity index (χ1n) is 8.82. The number of ether oxygens (including phenoxy) is 3. The third-order valence-electron chi connectivity index (χ3n) is 3.88. The van der Waals surface area contributed by atoms with Gasteiger partial charge in [-0.2, -0.15) is 0 Å². The fraction of sp³-hybridized carbons (Fsp3) is 0.579. The number of guanidine groups is 1. The summed E-state index contributed by atoms with van der Waals surface area (Å²) in [4.78, 5) is 17.8. The van der Waals surface area contributed by atoms with Gasteiger partial charge < -0.3 is 24.4 Å². The predicted molar refractivity (Wildman–Crippen MR) is 118 cm³/mol. The van der Waals surface area contributed by atoms with E-state index in [1.165, 1.54) is 7.11 Å². The first-order valence-corrected chi connectivity index (χ1v) is 8.82. The molecule has 1 rings (SSSR count).